The van der Waals surface area contributed by atoms with Crippen LogP contribution in [0, 0.1) is 5.82 Å². The van der Waals surface area contributed by atoms with Gasteiger partial charge in [0.15, 0.2) is 17.3 Å². The Hall–Kier alpha value is -1.26. The number of carbonyl (C=O) groups excluding carboxylic acids is 1. The van der Waals surface area contributed by atoms with Crippen LogP contribution in [0.3, 0.4) is 0 Å². The summed E-state index contributed by atoms with van der Waals surface area (Å²) in [7, 11) is 1.34. The fourth-order valence-corrected chi connectivity index (χ4v) is 2.16. The van der Waals surface area contributed by atoms with Crippen molar-refractivity contribution >= 4 is 29.0 Å². The Morgan fingerprint density at radius 1 is 1.44 bits per heavy atom. The summed E-state index contributed by atoms with van der Waals surface area (Å²) in [6, 6.07) is 2.59. The van der Waals surface area contributed by atoms with E-state index in [9.17, 15) is 9.18 Å². The SMILES string of the molecule is COc1c(Cl)ccc(C2CC(=O)C(Cl)=CN2)c1F. The molecular formula is C12H10Cl2FNO2. The van der Waals surface area contributed by atoms with Crippen LogP contribution in [0.15, 0.2) is 23.4 Å². The zero-order chi connectivity index (χ0) is 13.3. The zero-order valence-electron chi connectivity index (χ0n) is 9.47. The molecule has 96 valence electrons. The number of benzene rings is 1. The first-order valence-corrected chi connectivity index (χ1v) is 5.97. The first-order chi connectivity index (χ1) is 8.54. The standard InChI is InChI=1S/C12H10Cl2FNO2/c1-18-12-7(13)3-2-6(11(12)15)9-4-10(17)8(14)5-16-9/h2-3,5,9,16H,4H2,1H3. The molecule has 0 fully saturated rings. The number of Topliss-reactive ketones (excluding diaryl/α,β-unsaturated/α-hetero) is 1. The highest BCUT2D eigenvalue weighted by Crippen LogP contribution is 2.34. The minimum atomic E-state index is -0.568. The van der Waals surface area contributed by atoms with Crippen molar-refractivity contribution < 1.29 is 13.9 Å². The molecule has 1 aromatic rings. The maximum Gasteiger partial charge on any atom is 0.178 e. The number of carbonyl (C=O) groups is 1. The third kappa shape index (κ3) is 2.31. The molecule has 0 saturated carbocycles. The number of methoxy groups -OCH3 is 1. The summed E-state index contributed by atoms with van der Waals surface area (Å²) >= 11 is 11.5. The van der Waals surface area contributed by atoms with Crippen molar-refractivity contribution in [2.24, 2.45) is 0 Å². The van der Waals surface area contributed by atoms with Gasteiger partial charge < -0.3 is 10.1 Å². The number of nitrogens with one attached hydrogen (secondary N) is 1. The molecule has 0 bridgehead atoms. The average molecular weight is 290 g/mol. The first-order valence-electron chi connectivity index (χ1n) is 5.21. The smallest absolute Gasteiger partial charge is 0.178 e. The second kappa shape index (κ2) is 5.16. The number of hydrogen-bond donors (Lipinski definition) is 1. The number of ketones is 1. The van der Waals surface area contributed by atoms with Gasteiger partial charge in [0.2, 0.25) is 0 Å². The molecule has 3 nitrogen and oxygen atoms in total. The van der Waals surface area contributed by atoms with Gasteiger partial charge in [0, 0.05) is 18.2 Å². The van der Waals surface area contributed by atoms with E-state index in [4.69, 9.17) is 27.9 Å². The molecule has 0 spiro atoms. The van der Waals surface area contributed by atoms with E-state index < -0.39 is 11.9 Å². The third-order valence-corrected chi connectivity index (χ3v) is 3.34. The second-order valence-corrected chi connectivity index (χ2v) is 4.64. The highest BCUT2D eigenvalue weighted by Gasteiger charge is 2.26. The van der Waals surface area contributed by atoms with Crippen LogP contribution in [0.2, 0.25) is 5.02 Å². The van der Waals surface area contributed by atoms with Crippen LogP contribution < -0.4 is 10.1 Å². The van der Waals surface area contributed by atoms with Gasteiger partial charge >= 0.3 is 0 Å². The van der Waals surface area contributed by atoms with Gasteiger partial charge in [0.1, 0.15) is 0 Å². The van der Waals surface area contributed by atoms with Crippen LogP contribution in [0.25, 0.3) is 0 Å². The van der Waals surface area contributed by atoms with Crippen LogP contribution in [0.5, 0.6) is 5.75 Å². The van der Waals surface area contributed by atoms with Gasteiger partial charge in [-0.3, -0.25) is 4.79 Å². The van der Waals surface area contributed by atoms with Crippen molar-refractivity contribution in [1.82, 2.24) is 5.32 Å². The maximum atomic E-state index is 14.1. The molecule has 1 atom stereocenters. The average Bonchev–Trinajstić information content (AvgIpc) is 2.34. The summed E-state index contributed by atoms with van der Waals surface area (Å²) in [6.45, 7) is 0. The molecule has 6 heteroatoms. The molecule has 1 N–H and O–H groups in total. The van der Waals surface area contributed by atoms with E-state index in [-0.39, 0.29) is 28.0 Å². The van der Waals surface area contributed by atoms with Crippen molar-refractivity contribution in [3.8, 4) is 5.75 Å². The second-order valence-electron chi connectivity index (χ2n) is 3.82. The number of rotatable bonds is 2. The van der Waals surface area contributed by atoms with Gasteiger partial charge in [-0.1, -0.05) is 29.3 Å². The molecule has 0 aliphatic carbocycles. The molecule has 18 heavy (non-hydrogen) atoms. The van der Waals surface area contributed by atoms with Crippen LogP contribution >= 0.6 is 23.2 Å². The number of allylic oxidation sites excluding steroid dienone is 1. The normalized spacial score (nSPS) is 19.2. The van der Waals surface area contributed by atoms with Crippen LogP contribution in [-0.2, 0) is 4.79 Å². The van der Waals surface area contributed by atoms with E-state index in [1.807, 2.05) is 0 Å². The predicted octanol–water partition coefficient (Wildman–Crippen LogP) is 3.17. The minimum Gasteiger partial charge on any atom is -0.492 e. The lowest BCUT2D eigenvalue weighted by Crippen LogP contribution is -2.25. The predicted molar refractivity (Wildman–Crippen MR) is 67.4 cm³/mol. The third-order valence-electron chi connectivity index (χ3n) is 2.73. The van der Waals surface area contributed by atoms with Gasteiger partial charge in [-0.2, -0.15) is 0 Å². The first kappa shape index (κ1) is 13.2. The van der Waals surface area contributed by atoms with Crippen LogP contribution in [0.1, 0.15) is 18.0 Å². The van der Waals surface area contributed by atoms with E-state index in [0.717, 1.165) is 0 Å². The Labute approximate surface area is 114 Å². The Kier molecular flexibility index (Phi) is 3.78. The number of halogens is 3. The molecule has 1 heterocycles. The summed E-state index contributed by atoms with van der Waals surface area (Å²) in [5.74, 6) is -0.820. The highest BCUT2D eigenvalue weighted by atomic mass is 35.5. The number of ether oxygens (including phenoxy) is 1. The van der Waals surface area contributed by atoms with E-state index in [0.29, 0.717) is 5.56 Å². The summed E-state index contributed by atoms with van der Waals surface area (Å²) < 4.78 is 19.0. The fraction of sp³-hybridized carbons (Fsp3) is 0.250. The topological polar surface area (TPSA) is 38.3 Å². The van der Waals surface area contributed by atoms with Gasteiger partial charge in [0.05, 0.1) is 23.2 Å². The summed E-state index contributed by atoms with van der Waals surface area (Å²) in [4.78, 5) is 11.5. The molecule has 0 saturated heterocycles. The quantitative estimate of drug-likeness (QED) is 0.909. The van der Waals surface area contributed by atoms with E-state index in [1.54, 1.807) is 0 Å². The van der Waals surface area contributed by atoms with Gasteiger partial charge in [0.25, 0.3) is 0 Å². The minimum absolute atomic E-state index is 0.0240. The molecular weight excluding hydrogens is 280 g/mol. The van der Waals surface area contributed by atoms with Gasteiger partial charge in [-0.05, 0) is 6.07 Å². The van der Waals surface area contributed by atoms with E-state index in [1.165, 1.54) is 25.4 Å². The Morgan fingerprint density at radius 3 is 2.78 bits per heavy atom. The van der Waals surface area contributed by atoms with Crippen molar-refractivity contribution in [2.45, 2.75) is 12.5 Å². The van der Waals surface area contributed by atoms with E-state index in [2.05, 4.69) is 5.32 Å². The Morgan fingerprint density at radius 2 is 2.17 bits per heavy atom. The molecule has 1 aliphatic rings. The summed E-state index contributed by atoms with van der Waals surface area (Å²) in [6.07, 6.45) is 1.47. The lowest BCUT2D eigenvalue weighted by Gasteiger charge is -2.22. The molecule has 1 unspecified atom stereocenters. The zero-order valence-corrected chi connectivity index (χ0v) is 11.0. The lowest BCUT2D eigenvalue weighted by molar-refractivity contribution is -0.115. The van der Waals surface area contributed by atoms with Crippen molar-refractivity contribution in [2.75, 3.05) is 7.11 Å². The van der Waals surface area contributed by atoms with Crippen molar-refractivity contribution in [3.63, 3.8) is 0 Å². The summed E-state index contributed by atoms with van der Waals surface area (Å²) in [5.41, 5.74) is 0.324. The van der Waals surface area contributed by atoms with Crippen LogP contribution in [-0.4, -0.2) is 12.9 Å². The largest absolute Gasteiger partial charge is 0.492 e. The highest BCUT2D eigenvalue weighted by molar-refractivity contribution is 6.42. The molecule has 0 radical (unpaired) electrons. The van der Waals surface area contributed by atoms with Crippen LogP contribution in [0.4, 0.5) is 4.39 Å². The monoisotopic (exact) mass is 289 g/mol. The molecule has 1 aromatic carbocycles. The van der Waals surface area contributed by atoms with Gasteiger partial charge in [-0.25, -0.2) is 4.39 Å². The molecule has 0 aromatic heterocycles. The summed E-state index contributed by atoms with van der Waals surface area (Å²) in [5, 5.41) is 3.18. The molecule has 1 aliphatic heterocycles. The molecule has 2 rings (SSSR count). The molecule has 0 amide bonds. The lowest BCUT2D eigenvalue weighted by atomic mass is 9.98. The van der Waals surface area contributed by atoms with Crippen molar-refractivity contribution in [1.29, 1.82) is 0 Å². The Bertz CT molecular complexity index is 531. The Balaban J connectivity index is 2.38. The van der Waals surface area contributed by atoms with E-state index >= 15 is 0 Å². The van der Waals surface area contributed by atoms with Crippen molar-refractivity contribution in [3.05, 3.63) is 39.8 Å². The fourth-order valence-electron chi connectivity index (χ4n) is 1.80. The van der Waals surface area contributed by atoms with Gasteiger partial charge in [-0.15, -0.1) is 0 Å². The number of hydrogen-bond acceptors (Lipinski definition) is 3. The maximum absolute atomic E-state index is 14.1.